The number of likely N-dealkylation sites (N-methyl/N-ethyl adjacent to an activating group) is 1. The third-order valence-electron chi connectivity index (χ3n) is 4.34. The molecule has 0 atom stereocenters. The number of carbonyl (C=O) groups is 1. The van der Waals surface area contributed by atoms with Crippen LogP contribution in [0, 0.1) is 11.6 Å². The van der Waals surface area contributed by atoms with Crippen LogP contribution in [0.2, 0.25) is 0 Å². The zero-order valence-electron chi connectivity index (χ0n) is 13.1. The van der Waals surface area contributed by atoms with Crippen molar-refractivity contribution in [1.29, 1.82) is 0 Å². The molecular formula is C16H20F2N4O. The first-order chi connectivity index (χ1) is 11.1. The van der Waals surface area contributed by atoms with Crippen molar-refractivity contribution < 1.29 is 13.6 Å². The number of hydrogen-bond acceptors (Lipinski definition) is 4. The molecule has 2 aliphatic heterocycles. The number of aliphatic imine (C=N–C) groups is 1. The van der Waals surface area contributed by atoms with E-state index in [4.69, 9.17) is 0 Å². The summed E-state index contributed by atoms with van der Waals surface area (Å²) in [4.78, 5) is 22.7. The van der Waals surface area contributed by atoms with Crippen LogP contribution in [0.4, 0.5) is 8.78 Å². The predicted octanol–water partition coefficient (Wildman–Crippen LogP) is 1.41. The highest BCUT2D eigenvalue weighted by Crippen LogP contribution is 2.18. The van der Waals surface area contributed by atoms with E-state index < -0.39 is 23.1 Å². The molecule has 0 radical (unpaired) electrons. The molecule has 1 aromatic carbocycles. The maximum absolute atomic E-state index is 13.9. The third-order valence-corrected chi connectivity index (χ3v) is 4.34. The Hall–Kier alpha value is -2.02. The van der Waals surface area contributed by atoms with Gasteiger partial charge in [0, 0.05) is 32.7 Å². The summed E-state index contributed by atoms with van der Waals surface area (Å²) >= 11 is 0. The smallest absolute Gasteiger partial charge is 0.266 e. The third kappa shape index (κ3) is 3.06. The Labute approximate surface area is 134 Å². The second-order valence-electron chi connectivity index (χ2n) is 5.66. The van der Waals surface area contributed by atoms with Crippen molar-refractivity contribution in [3.8, 4) is 0 Å². The highest BCUT2D eigenvalue weighted by atomic mass is 19.1. The lowest BCUT2D eigenvalue weighted by Gasteiger charge is -2.37. The molecule has 3 rings (SSSR count). The molecule has 1 aromatic rings. The lowest BCUT2D eigenvalue weighted by atomic mass is 10.1. The van der Waals surface area contributed by atoms with E-state index in [2.05, 4.69) is 16.8 Å². The quantitative estimate of drug-likeness (QED) is 0.826. The number of guanidine groups is 1. The summed E-state index contributed by atoms with van der Waals surface area (Å²) in [6.45, 7) is 7.23. The Morgan fingerprint density at radius 3 is 2.39 bits per heavy atom. The number of piperazine rings is 1. The van der Waals surface area contributed by atoms with Gasteiger partial charge < -0.3 is 9.80 Å². The van der Waals surface area contributed by atoms with Crippen molar-refractivity contribution in [2.45, 2.75) is 6.92 Å². The van der Waals surface area contributed by atoms with Crippen LogP contribution in [0.3, 0.4) is 0 Å². The minimum absolute atomic E-state index is 0.357. The second-order valence-corrected chi connectivity index (χ2v) is 5.66. The second kappa shape index (κ2) is 6.62. The van der Waals surface area contributed by atoms with Gasteiger partial charge in [0.25, 0.3) is 5.91 Å². The first-order valence-corrected chi connectivity index (χ1v) is 7.89. The molecule has 5 nitrogen and oxygen atoms in total. The Bertz CT molecular complexity index is 606. The topological polar surface area (TPSA) is 39.1 Å². The van der Waals surface area contributed by atoms with Crippen molar-refractivity contribution in [1.82, 2.24) is 14.7 Å². The number of benzene rings is 1. The number of hydrogen-bond donors (Lipinski definition) is 0. The van der Waals surface area contributed by atoms with Crippen LogP contribution in [0.1, 0.15) is 17.3 Å². The molecule has 0 aliphatic carbocycles. The van der Waals surface area contributed by atoms with E-state index >= 15 is 0 Å². The van der Waals surface area contributed by atoms with Crippen LogP contribution >= 0.6 is 0 Å². The SMILES string of the molecule is CCN1CCN(C2=NCCN2C(=O)c2c(F)cccc2F)CC1. The molecule has 23 heavy (non-hydrogen) atoms. The van der Waals surface area contributed by atoms with Gasteiger partial charge in [0.1, 0.15) is 17.2 Å². The standard InChI is InChI=1S/C16H20F2N4O/c1-2-20-8-10-21(11-9-20)16-19-6-7-22(16)15(23)14-12(17)4-3-5-13(14)18/h3-5H,2,6-11H2,1H3. The van der Waals surface area contributed by atoms with Crippen LogP contribution < -0.4 is 0 Å². The fourth-order valence-corrected chi connectivity index (χ4v) is 3.00. The summed E-state index contributed by atoms with van der Waals surface area (Å²) in [6, 6.07) is 3.46. The normalized spacial score (nSPS) is 19.2. The maximum Gasteiger partial charge on any atom is 0.266 e. The zero-order valence-corrected chi connectivity index (χ0v) is 13.1. The van der Waals surface area contributed by atoms with E-state index in [0.717, 1.165) is 44.9 Å². The number of amides is 1. The van der Waals surface area contributed by atoms with E-state index in [1.807, 2.05) is 4.90 Å². The van der Waals surface area contributed by atoms with Gasteiger partial charge in [-0.2, -0.15) is 0 Å². The summed E-state index contributed by atoms with van der Waals surface area (Å²) in [5.74, 6) is -1.79. The Kier molecular flexibility index (Phi) is 4.56. The fraction of sp³-hybridized carbons (Fsp3) is 0.500. The Morgan fingerprint density at radius 1 is 1.13 bits per heavy atom. The van der Waals surface area contributed by atoms with Gasteiger partial charge in [0.2, 0.25) is 5.96 Å². The molecule has 0 bridgehead atoms. The van der Waals surface area contributed by atoms with E-state index in [9.17, 15) is 13.6 Å². The minimum atomic E-state index is -0.836. The summed E-state index contributed by atoms with van der Waals surface area (Å²) in [5, 5.41) is 0. The van der Waals surface area contributed by atoms with E-state index in [0.29, 0.717) is 19.0 Å². The highest BCUT2D eigenvalue weighted by Gasteiger charge is 2.33. The highest BCUT2D eigenvalue weighted by molar-refractivity contribution is 6.06. The average Bonchev–Trinajstić information content (AvgIpc) is 3.04. The first kappa shape index (κ1) is 15.9. The number of halogens is 2. The van der Waals surface area contributed by atoms with Gasteiger partial charge in [0.15, 0.2) is 0 Å². The molecule has 2 heterocycles. The molecule has 0 N–H and O–H groups in total. The summed E-state index contributed by atoms with van der Waals surface area (Å²) < 4.78 is 27.7. The van der Waals surface area contributed by atoms with Gasteiger partial charge in [-0.25, -0.2) is 8.78 Å². The lowest BCUT2D eigenvalue weighted by molar-refractivity contribution is 0.0825. The molecule has 1 saturated heterocycles. The number of nitrogens with zero attached hydrogens (tertiary/aromatic N) is 4. The number of rotatable bonds is 2. The van der Waals surface area contributed by atoms with E-state index in [1.54, 1.807) is 0 Å². The zero-order chi connectivity index (χ0) is 16.4. The lowest BCUT2D eigenvalue weighted by Crippen LogP contribution is -2.53. The fourth-order valence-electron chi connectivity index (χ4n) is 3.00. The van der Waals surface area contributed by atoms with Crippen molar-refractivity contribution >= 4 is 11.9 Å². The molecule has 0 saturated carbocycles. The van der Waals surface area contributed by atoms with Crippen LogP contribution in [-0.2, 0) is 0 Å². The van der Waals surface area contributed by atoms with Gasteiger partial charge in [-0.1, -0.05) is 13.0 Å². The predicted molar refractivity (Wildman–Crippen MR) is 83.4 cm³/mol. The van der Waals surface area contributed by atoms with Crippen molar-refractivity contribution in [3.05, 3.63) is 35.4 Å². The largest absolute Gasteiger partial charge is 0.340 e. The van der Waals surface area contributed by atoms with Crippen LogP contribution in [0.15, 0.2) is 23.2 Å². The average molecular weight is 322 g/mol. The molecular weight excluding hydrogens is 302 g/mol. The van der Waals surface area contributed by atoms with Gasteiger partial charge in [0.05, 0.1) is 6.54 Å². The summed E-state index contributed by atoms with van der Waals surface area (Å²) in [7, 11) is 0. The molecule has 124 valence electrons. The molecule has 0 spiro atoms. The van der Waals surface area contributed by atoms with Gasteiger partial charge in [-0.15, -0.1) is 0 Å². The monoisotopic (exact) mass is 322 g/mol. The van der Waals surface area contributed by atoms with Crippen molar-refractivity contribution in [2.24, 2.45) is 4.99 Å². The Morgan fingerprint density at radius 2 is 1.78 bits per heavy atom. The summed E-state index contributed by atoms with van der Waals surface area (Å²) in [6.07, 6.45) is 0. The van der Waals surface area contributed by atoms with Gasteiger partial charge >= 0.3 is 0 Å². The summed E-state index contributed by atoms with van der Waals surface area (Å²) in [5.41, 5.74) is -0.505. The van der Waals surface area contributed by atoms with Crippen LogP contribution in [0.25, 0.3) is 0 Å². The van der Waals surface area contributed by atoms with Crippen LogP contribution in [0.5, 0.6) is 0 Å². The van der Waals surface area contributed by atoms with E-state index in [1.165, 1.54) is 11.0 Å². The molecule has 1 fully saturated rings. The molecule has 2 aliphatic rings. The maximum atomic E-state index is 13.9. The molecule has 7 heteroatoms. The van der Waals surface area contributed by atoms with Crippen molar-refractivity contribution in [2.75, 3.05) is 45.8 Å². The minimum Gasteiger partial charge on any atom is -0.340 e. The Balaban J connectivity index is 1.78. The van der Waals surface area contributed by atoms with Gasteiger partial charge in [-0.05, 0) is 18.7 Å². The molecule has 0 unspecified atom stereocenters. The van der Waals surface area contributed by atoms with Gasteiger partial charge in [-0.3, -0.25) is 14.7 Å². The molecule has 0 aromatic heterocycles. The van der Waals surface area contributed by atoms with Crippen LogP contribution in [-0.4, -0.2) is 72.4 Å². The first-order valence-electron chi connectivity index (χ1n) is 7.89. The molecule has 1 amide bonds. The van der Waals surface area contributed by atoms with E-state index in [-0.39, 0.29) is 0 Å². The van der Waals surface area contributed by atoms with Crippen molar-refractivity contribution in [3.63, 3.8) is 0 Å². The number of carbonyl (C=O) groups excluding carboxylic acids is 1.